The van der Waals surface area contributed by atoms with E-state index in [0.29, 0.717) is 18.7 Å². The van der Waals surface area contributed by atoms with Crippen LogP contribution in [-0.4, -0.2) is 42.0 Å². The molecule has 7 nitrogen and oxygen atoms in total. The summed E-state index contributed by atoms with van der Waals surface area (Å²) in [6.45, 7) is 1.17. The Morgan fingerprint density at radius 3 is 2.90 bits per heavy atom. The topological polar surface area (TPSA) is 98.7 Å². The lowest BCUT2D eigenvalue weighted by molar-refractivity contribution is -0.385. The Bertz CT molecular complexity index is 532. The van der Waals surface area contributed by atoms with Gasteiger partial charge in [-0.05, 0) is 18.9 Å². The molecule has 1 heterocycles. The Labute approximate surface area is 116 Å². The molecule has 0 radical (unpaired) electrons. The molecule has 7 heteroatoms. The standard InChI is InChI=1S/C13H17N3O4/c1-20-12-7-9(4-5-11(12)16(18)19)13(17)15-6-2-3-10(14)8-15/h4-5,7,10H,2-3,6,8,14H2,1H3. The minimum absolute atomic E-state index is 0.00681. The molecule has 1 atom stereocenters. The Morgan fingerprint density at radius 1 is 1.55 bits per heavy atom. The van der Waals surface area contributed by atoms with Gasteiger partial charge in [0.15, 0.2) is 5.75 Å². The van der Waals surface area contributed by atoms with Crippen LogP contribution in [0.4, 0.5) is 5.69 Å². The highest BCUT2D eigenvalue weighted by atomic mass is 16.6. The number of carbonyl (C=O) groups excluding carboxylic acids is 1. The number of carbonyl (C=O) groups is 1. The van der Waals surface area contributed by atoms with Crippen molar-refractivity contribution in [2.75, 3.05) is 20.2 Å². The normalized spacial score (nSPS) is 18.7. The molecule has 1 fully saturated rings. The van der Waals surface area contributed by atoms with E-state index in [4.69, 9.17) is 10.5 Å². The second kappa shape index (κ2) is 5.87. The van der Waals surface area contributed by atoms with Crippen molar-refractivity contribution in [2.24, 2.45) is 5.73 Å². The van der Waals surface area contributed by atoms with Crippen LogP contribution in [0, 0.1) is 10.1 Å². The lowest BCUT2D eigenvalue weighted by Crippen LogP contribution is -2.45. The fraction of sp³-hybridized carbons (Fsp3) is 0.462. The minimum atomic E-state index is -0.538. The summed E-state index contributed by atoms with van der Waals surface area (Å²) >= 11 is 0. The van der Waals surface area contributed by atoms with Crippen molar-refractivity contribution < 1.29 is 14.5 Å². The van der Waals surface area contributed by atoms with E-state index in [1.165, 1.54) is 25.3 Å². The maximum atomic E-state index is 12.3. The van der Waals surface area contributed by atoms with Crippen LogP contribution >= 0.6 is 0 Å². The molecule has 0 bridgehead atoms. The summed E-state index contributed by atoms with van der Waals surface area (Å²) in [6.07, 6.45) is 1.78. The monoisotopic (exact) mass is 279 g/mol. The molecule has 1 aliphatic heterocycles. The van der Waals surface area contributed by atoms with Gasteiger partial charge in [0, 0.05) is 36.8 Å². The van der Waals surface area contributed by atoms with Crippen LogP contribution in [0.3, 0.4) is 0 Å². The largest absolute Gasteiger partial charge is 0.490 e. The first-order valence-corrected chi connectivity index (χ1v) is 6.40. The van der Waals surface area contributed by atoms with Crippen molar-refractivity contribution in [3.8, 4) is 5.75 Å². The van der Waals surface area contributed by atoms with Gasteiger partial charge in [0.1, 0.15) is 0 Å². The molecular weight excluding hydrogens is 262 g/mol. The first kappa shape index (κ1) is 14.3. The van der Waals surface area contributed by atoms with Crippen molar-refractivity contribution >= 4 is 11.6 Å². The summed E-state index contributed by atoms with van der Waals surface area (Å²) < 4.78 is 4.97. The van der Waals surface area contributed by atoms with Gasteiger partial charge in [0.2, 0.25) is 0 Å². The third-order valence-electron chi connectivity index (χ3n) is 3.37. The lowest BCUT2D eigenvalue weighted by Gasteiger charge is -2.30. The molecule has 1 aliphatic rings. The summed E-state index contributed by atoms with van der Waals surface area (Å²) in [5.41, 5.74) is 6.08. The van der Waals surface area contributed by atoms with Crippen molar-refractivity contribution in [1.29, 1.82) is 0 Å². The van der Waals surface area contributed by atoms with Crippen LogP contribution in [0.15, 0.2) is 18.2 Å². The fourth-order valence-corrected chi connectivity index (χ4v) is 2.34. The van der Waals surface area contributed by atoms with Gasteiger partial charge in [0.25, 0.3) is 5.91 Å². The second-order valence-corrected chi connectivity index (χ2v) is 4.80. The highest BCUT2D eigenvalue weighted by molar-refractivity contribution is 5.95. The number of ether oxygens (including phenoxy) is 1. The number of likely N-dealkylation sites (tertiary alicyclic amines) is 1. The SMILES string of the molecule is COc1cc(C(=O)N2CCCC(N)C2)ccc1[N+](=O)[O-]. The third-order valence-corrected chi connectivity index (χ3v) is 3.37. The quantitative estimate of drug-likeness (QED) is 0.661. The zero-order valence-electron chi connectivity index (χ0n) is 11.2. The number of nitro groups is 1. The minimum Gasteiger partial charge on any atom is -0.490 e. The number of rotatable bonds is 3. The van der Waals surface area contributed by atoms with Crippen molar-refractivity contribution in [1.82, 2.24) is 4.90 Å². The van der Waals surface area contributed by atoms with Crippen LogP contribution in [0.1, 0.15) is 23.2 Å². The van der Waals surface area contributed by atoms with E-state index in [1.807, 2.05) is 0 Å². The summed E-state index contributed by atoms with van der Waals surface area (Å²) in [5.74, 6) is -0.0875. The van der Waals surface area contributed by atoms with E-state index < -0.39 is 4.92 Å². The molecule has 0 saturated carbocycles. The molecule has 20 heavy (non-hydrogen) atoms. The first-order chi connectivity index (χ1) is 9.52. The Balaban J connectivity index is 2.24. The second-order valence-electron chi connectivity index (χ2n) is 4.80. The van der Waals surface area contributed by atoms with Crippen LogP contribution < -0.4 is 10.5 Å². The van der Waals surface area contributed by atoms with Gasteiger partial charge in [-0.15, -0.1) is 0 Å². The molecular formula is C13H17N3O4. The van der Waals surface area contributed by atoms with E-state index in [9.17, 15) is 14.9 Å². The zero-order valence-corrected chi connectivity index (χ0v) is 11.2. The van der Waals surface area contributed by atoms with E-state index in [0.717, 1.165) is 12.8 Å². The van der Waals surface area contributed by atoms with Gasteiger partial charge in [0.05, 0.1) is 12.0 Å². The number of hydrogen-bond donors (Lipinski definition) is 1. The third kappa shape index (κ3) is 2.88. The number of benzene rings is 1. The average molecular weight is 279 g/mol. The number of piperidine rings is 1. The molecule has 1 aromatic rings. The molecule has 2 rings (SSSR count). The maximum absolute atomic E-state index is 12.3. The lowest BCUT2D eigenvalue weighted by atomic mass is 10.0. The van der Waals surface area contributed by atoms with Crippen molar-refractivity contribution in [3.05, 3.63) is 33.9 Å². The molecule has 1 saturated heterocycles. The summed E-state index contributed by atoms with van der Waals surface area (Å²) in [6, 6.07) is 4.13. The van der Waals surface area contributed by atoms with Crippen molar-refractivity contribution in [2.45, 2.75) is 18.9 Å². The molecule has 1 amide bonds. The molecule has 108 valence electrons. The predicted molar refractivity (Wildman–Crippen MR) is 72.8 cm³/mol. The number of methoxy groups -OCH3 is 1. The molecule has 1 aromatic carbocycles. The highest BCUT2D eigenvalue weighted by Crippen LogP contribution is 2.28. The average Bonchev–Trinajstić information content (AvgIpc) is 2.45. The molecule has 0 spiro atoms. The van der Waals surface area contributed by atoms with Gasteiger partial charge >= 0.3 is 5.69 Å². The van der Waals surface area contributed by atoms with Crippen LogP contribution in [0.5, 0.6) is 5.75 Å². The molecule has 0 aliphatic carbocycles. The van der Waals surface area contributed by atoms with E-state index in [1.54, 1.807) is 4.90 Å². The zero-order chi connectivity index (χ0) is 14.7. The van der Waals surface area contributed by atoms with Gasteiger partial charge in [-0.2, -0.15) is 0 Å². The van der Waals surface area contributed by atoms with Gasteiger partial charge in [-0.3, -0.25) is 14.9 Å². The van der Waals surface area contributed by atoms with Gasteiger partial charge in [-0.25, -0.2) is 0 Å². The summed E-state index contributed by atoms with van der Waals surface area (Å²) in [4.78, 5) is 24.3. The summed E-state index contributed by atoms with van der Waals surface area (Å²) in [5, 5.41) is 10.8. The van der Waals surface area contributed by atoms with Crippen LogP contribution in [0.25, 0.3) is 0 Å². The number of nitrogens with two attached hydrogens (primary N) is 1. The number of hydrogen-bond acceptors (Lipinski definition) is 5. The fourth-order valence-electron chi connectivity index (χ4n) is 2.34. The molecule has 0 aromatic heterocycles. The first-order valence-electron chi connectivity index (χ1n) is 6.40. The Hall–Kier alpha value is -2.15. The van der Waals surface area contributed by atoms with Crippen molar-refractivity contribution in [3.63, 3.8) is 0 Å². The Kier molecular flexibility index (Phi) is 4.19. The van der Waals surface area contributed by atoms with E-state index in [-0.39, 0.29) is 23.4 Å². The van der Waals surface area contributed by atoms with E-state index >= 15 is 0 Å². The molecule has 2 N–H and O–H groups in total. The van der Waals surface area contributed by atoms with Gasteiger partial charge < -0.3 is 15.4 Å². The van der Waals surface area contributed by atoms with Crippen LogP contribution in [0.2, 0.25) is 0 Å². The van der Waals surface area contributed by atoms with Crippen LogP contribution in [-0.2, 0) is 0 Å². The summed E-state index contributed by atoms with van der Waals surface area (Å²) in [7, 11) is 1.34. The molecule has 1 unspecified atom stereocenters. The predicted octanol–water partition coefficient (Wildman–Crippen LogP) is 1.17. The number of amides is 1. The maximum Gasteiger partial charge on any atom is 0.310 e. The highest BCUT2D eigenvalue weighted by Gasteiger charge is 2.24. The van der Waals surface area contributed by atoms with E-state index in [2.05, 4.69) is 0 Å². The number of nitro benzene ring substituents is 1. The number of nitrogens with zero attached hydrogens (tertiary/aromatic N) is 2. The van der Waals surface area contributed by atoms with Gasteiger partial charge in [-0.1, -0.05) is 0 Å². The Morgan fingerprint density at radius 2 is 2.30 bits per heavy atom. The smallest absolute Gasteiger partial charge is 0.310 e.